The Morgan fingerprint density at radius 3 is 1.40 bits per heavy atom. The molecule has 0 saturated heterocycles. The minimum atomic E-state index is 0.978. The minimum Gasteiger partial charge on any atom is -0.248 e. The molecule has 9 aromatic carbocycles. The molecule has 52 heavy (non-hydrogen) atoms. The van der Waals surface area contributed by atoms with Crippen LogP contribution in [-0.4, -0.2) is 4.98 Å². The van der Waals surface area contributed by atoms with E-state index in [4.69, 9.17) is 4.98 Å². The first-order chi connectivity index (χ1) is 25.8. The fraction of sp³-hybridized carbons (Fsp3) is 0. The van der Waals surface area contributed by atoms with Gasteiger partial charge in [0.25, 0.3) is 0 Å². The lowest BCUT2D eigenvalue weighted by molar-refractivity contribution is 1.40. The Labute approximate surface area is 303 Å². The van der Waals surface area contributed by atoms with E-state index < -0.39 is 0 Å². The summed E-state index contributed by atoms with van der Waals surface area (Å²) >= 11 is 0. The van der Waals surface area contributed by atoms with Crippen LogP contribution in [0.4, 0.5) is 0 Å². The van der Waals surface area contributed by atoms with Gasteiger partial charge in [-0.05, 0) is 95.0 Å². The molecule has 0 spiro atoms. The quantitative estimate of drug-likeness (QED) is 0.132. The SMILES string of the molecule is c1ccc(-c2cc(-c3cccc(-c4ccc(-c5c6ccccc6c(-c6ccccc6)c6ccccc56)cc4)c3)c3c(ccc4ccccc43)n2)cc1. The van der Waals surface area contributed by atoms with E-state index in [0.717, 1.165) is 16.8 Å². The second kappa shape index (κ2) is 12.5. The fourth-order valence-corrected chi connectivity index (χ4v) is 8.04. The van der Waals surface area contributed by atoms with Gasteiger partial charge in [0.1, 0.15) is 0 Å². The first kappa shape index (κ1) is 30.0. The van der Waals surface area contributed by atoms with Crippen molar-refractivity contribution in [1.82, 2.24) is 4.98 Å². The topological polar surface area (TPSA) is 12.9 Å². The van der Waals surface area contributed by atoms with Crippen molar-refractivity contribution in [2.24, 2.45) is 0 Å². The lowest BCUT2D eigenvalue weighted by Crippen LogP contribution is -1.92. The average Bonchev–Trinajstić information content (AvgIpc) is 3.23. The number of nitrogens with zero attached hydrogens (tertiary/aromatic N) is 1. The van der Waals surface area contributed by atoms with Gasteiger partial charge in [-0.15, -0.1) is 0 Å². The molecule has 0 saturated carbocycles. The van der Waals surface area contributed by atoms with Crippen LogP contribution in [0.25, 0.3) is 99.0 Å². The Morgan fingerprint density at radius 2 is 0.769 bits per heavy atom. The zero-order valence-corrected chi connectivity index (χ0v) is 28.5. The molecule has 0 N–H and O–H groups in total. The summed E-state index contributed by atoms with van der Waals surface area (Å²) in [5.74, 6) is 0. The van der Waals surface area contributed by atoms with Crippen molar-refractivity contribution in [3.05, 3.63) is 200 Å². The molecule has 0 atom stereocenters. The third-order valence-corrected chi connectivity index (χ3v) is 10.4. The van der Waals surface area contributed by atoms with Crippen LogP contribution >= 0.6 is 0 Å². The summed E-state index contributed by atoms with van der Waals surface area (Å²) in [5.41, 5.74) is 12.8. The lowest BCUT2D eigenvalue weighted by atomic mass is 9.85. The maximum atomic E-state index is 5.17. The first-order valence-corrected chi connectivity index (χ1v) is 17.9. The monoisotopic (exact) mass is 659 g/mol. The fourth-order valence-electron chi connectivity index (χ4n) is 8.04. The molecule has 0 radical (unpaired) electrons. The largest absolute Gasteiger partial charge is 0.248 e. The summed E-state index contributed by atoms with van der Waals surface area (Å²) in [5, 5.41) is 8.69. The van der Waals surface area contributed by atoms with Crippen LogP contribution in [0, 0.1) is 0 Å². The third kappa shape index (κ3) is 5.06. The smallest absolute Gasteiger partial charge is 0.0722 e. The Morgan fingerprint density at radius 1 is 0.288 bits per heavy atom. The second-order valence-corrected chi connectivity index (χ2v) is 13.5. The van der Waals surface area contributed by atoms with Crippen molar-refractivity contribution < 1.29 is 0 Å². The van der Waals surface area contributed by atoms with Gasteiger partial charge < -0.3 is 0 Å². The zero-order valence-electron chi connectivity index (χ0n) is 28.5. The molecule has 10 aromatic rings. The molecule has 1 nitrogen and oxygen atoms in total. The van der Waals surface area contributed by atoms with Gasteiger partial charge in [-0.25, -0.2) is 4.98 Å². The number of fused-ring (bicyclic) bond motifs is 5. The van der Waals surface area contributed by atoms with Crippen molar-refractivity contribution in [3.8, 4) is 55.8 Å². The van der Waals surface area contributed by atoms with Crippen molar-refractivity contribution in [2.45, 2.75) is 0 Å². The van der Waals surface area contributed by atoms with E-state index in [9.17, 15) is 0 Å². The van der Waals surface area contributed by atoms with Crippen LogP contribution in [0.15, 0.2) is 200 Å². The number of aromatic nitrogens is 1. The van der Waals surface area contributed by atoms with E-state index in [-0.39, 0.29) is 0 Å². The number of pyridine rings is 1. The molecule has 0 unspecified atom stereocenters. The zero-order chi connectivity index (χ0) is 34.4. The van der Waals surface area contributed by atoms with Gasteiger partial charge in [-0.1, -0.05) is 182 Å². The van der Waals surface area contributed by atoms with Gasteiger partial charge in [0.2, 0.25) is 0 Å². The molecular formula is C51H33N. The highest BCUT2D eigenvalue weighted by Crippen LogP contribution is 2.44. The molecule has 1 aromatic heterocycles. The maximum Gasteiger partial charge on any atom is 0.0722 e. The van der Waals surface area contributed by atoms with Gasteiger partial charge in [-0.3, -0.25) is 0 Å². The Kier molecular flexibility index (Phi) is 7.22. The molecule has 0 amide bonds. The third-order valence-electron chi connectivity index (χ3n) is 10.4. The Hall–Kier alpha value is -6.83. The Balaban J connectivity index is 1.12. The van der Waals surface area contributed by atoms with Crippen molar-refractivity contribution >= 4 is 43.2 Å². The van der Waals surface area contributed by atoms with Gasteiger partial charge in [-0.2, -0.15) is 0 Å². The van der Waals surface area contributed by atoms with Crippen LogP contribution < -0.4 is 0 Å². The average molecular weight is 660 g/mol. The summed E-state index contributed by atoms with van der Waals surface area (Å²) in [6.07, 6.45) is 0. The maximum absolute atomic E-state index is 5.17. The molecule has 0 fully saturated rings. The van der Waals surface area contributed by atoms with Crippen LogP contribution in [0.3, 0.4) is 0 Å². The van der Waals surface area contributed by atoms with E-state index in [1.807, 2.05) is 0 Å². The number of hydrogen-bond acceptors (Lipinski definition) is 1. The summed E-state index contributed by atoms with van der Waals surface area (Å²) in [6.45, 7) is 0. The van der Waals surface area contributed by atoms with Crippen LogP contribution in [0.5, 0.6) is 0 Å². The predicted molar refractivity (Wildman–Crippen MR) is 221 cm³/mol. The van der Waals surface area contributed by atoms with E-state index in [1.54, 1.807) is 0 Å². The van der Waals surface area contributed by atoms with E-state index >= 15 is 0 Å². The molecule has 242 valence electrons. The molecule has 0 aliphatic heterocycles. The number of rotatable bonds is 5. The molecule has 0 aliphatic rings. The van der Waals surface area contributed by atoms with Crippen LogP contribution in [0.2, 0.25) is 0 Å². The van der Waals surface area contributed by atoms with E-state index in [2.05, 4.69) is 200 Å². The first-order valence-electron chi connectivity index (χ1n) is 17.9. The molecule has 1 heterocycles. The minimum absolute atomic E-state index is 0.978. The molecular weight excluding hydrogens is 627 g/mol. The number of benzene rings is 9. The predicted octanol–water partition coefficient (Wildman–Crippen LogP) is 14.0. The highest BCUT2D eigenvalue weighted by Gasteiger charge is 2.17. The standard InChI is InChI=1S/C51H33N/c1-3-15-36(16-4-1)48-33-46(51-41-21-8-7-14-35(41)30-31-47(51)52-48)40-20-13-19-39(32-40)34-26-28-38(29-27-34)50-44-24-11-9-22-42(44)49(37-17-5-2-6-18-37)43-23-10-12-25-45(43)50/h1-33H. The molecule has 0 bridgehead atoms. The van der Waals surface area contributed by atoms with Gasteiger partial charge >= 0.3 is 0 Å². The van der Waals surface area contributed by atoms with Gasteiger partial charge in [0.15, 0.2) is 0 Å². The van der Waals surface area contributed by atoms with Crippen molar-refractivity contribution in [2.75, 3.05) is 0 Å². The summed E-state index contributed by atoms with van der Waals surface area (Å²) in [6, 6.07) is 72.3. The second-order valence-electron chi connectivity index (χ2n) is 13.5. The normalized spacial score (nSPS) is 11.5. The van der Waals surface area contributed by atoms with Crippen molar-refractivity contribution in [3.63, 3.8) is 0 Å². The summed E-state index contributed by atoms with van der Waals surface area (Å²) in [7, 11) is 0. The van der Waals surface area contributed by atoms with Gasteiger partial charge in [0, 0.05) is 10.9 Å². The Bertz CT molecular complexity index is 2870. The van der Waals surface area contributed by atoms with Crippen LogP contribution in [-0.2, 0) is 0 Å². The highest BCUT2D eigenvalue weighted by molar-refractivity contribution is 6.21. The van der Waals surface area contributed by atoms with Crippen molar-refractivity contribution in [1.29, 1.82) is 0 Å². The van der Waals surface area contributed by atoms with E-state index in [0.29, 0.717) is 0 Å². The number of hydrogen-bond donors (Lipinski definition) is 0. The van der Waals surface area contributed by atoms with Gasteiger partial charge in [0.05, 0.1) is 11.2 Å². The lowest BCUT2D eigenvalue weighted by Gasteiger charge is -2.18. The molecule has 10 rings (SSSR count). The van der Waals surface area contributed by atoms with Crippen LogP contribution in [0.1, 0.15) is 0 Å². The highest BCUT2D eigenvalue weighted by atomic mass is 14.7. The summed E-state index contributed by atoms with van der Waals surface area (Å²) < 4.78 is 0. The molecule has 1 heteroatoms. The summed E-state index contributed by atoms with van der Waals surface area (Å²) in [4.78, 5) is 5.17. The molecule has 0 aliphatic carbocycles. The van der Waals surface area contributed by atoms with E-state index in [1.165, 1.54) is 82.2 Å².